The van der Waals surface area contributed by atoms with Gasteiger partial charge in [-0.2, -0.15) is 12.6 Å². The smallest absolute Gasteiger partial charge is 0.318 e. The number of rotatable bonds is 4. The SMILES string of the molecule is CC(S)C(=O)OCCCO. The van der Waals surface area contributed by atoms with Crippen molar-refractivity contribution in [2.45, 2.75) is 18.6 Å². The van der Waals surface area contributed by atoms with Crippen LogP contribution in [0.25, 0.3) is 0 Å². The van der Waals surface area contributed by atoms with Crippen LogP contribution < -0.4 is 0 Å². The lowest BCUT2D eigenvalue weighted by Gasteiger charge is -2.04. The predicted molar refractivity (Wildman–Crippen MR) is 41.1 cm³/mol. The van der Waals surface area contributed by atoms with E-state index >= 15 is 0 Å². The highest BCUT2D eigenvalue weighted by Crippen LogP contribution is 1.95. The minimum atomic E-state index is -0.376. The maximum Gasteiger partial charge on any atom is 0.318 e. The first-order chi connectivity index (χ1) is 4.68. The van der Waals surface area contributed by atoms with Gasteiger partial charge in [-0.05, 0) is 6.92 Å². The Hall–Kier alpha value is -0.220. The molecule has 1 unspecified atom stereocenters. The highest BCUT2D eigenvalue weighted by Gasteiger charge is 2.07. The van der Waals surface area contributed by atoms with Gasteiger partial charge in [0.2, 0.25) is 0 Å². The Morgan fingerprint density at radius 1 is 1.80 bits per heavy atom. The second-order valence-corrected chi connectivity index (χ2v) is 2.70. The Bertz CT molecular complexity index is 103. The van der Waals surface area contributed by atoms with E-state index in [2.05, 4.69) is 17.4 Å². The minimum absolute atomic E-state index is 0.0498. The van der Waals surface area contributed by atoms with Crippen LogP contribution >= 0.6 is 12.6 Å². The van der Waals surface area contributed by atoms with E-state index in [-0.39, 0.29) is 24.4 Å². The summed E-state index contributed by atoms with van der Waals surface area (Å²) in [6, 6.07) is 0. The Morgan fingerprint density at radius 3 is 2.80 bits per heavy atom. The lowest BCUT2D eigenvalue weighted by atomic mass is 10.4. The molecule has 0 aromatic carbocycles. The van der Waals surface area contributed by atoms with Crippen LogP contribution in [-0.2, 0) is 9.53 Å². The summed E-state index contributed by atoms with van der Waals surface area (Å²) >= 11 is 3.86. The summed E-state index contributed by atoms with van der Waals surface area (Å²) in [5, 5.41) is 7.93. The van der Waals surface area contributed by atoms with Gasteiger partial charge in [0, 0.05) is 13.0 Å². The fourth-order valence-corrected chi connectivity index (χ4v) is 0.432. The Kier molecular flexibility index (Phi) is 5.43. The van der Waals surface area contributed by atoms with Gasteiger partial charge >= 0.3 is 5.97 Å². The topological polar surface area (TPSA) is 46.5 Å². The molecule has 0 spiro atoms. The molecule has 60 valence electrons. The van der Waals surface area contributed by atoms with Crippen LogP contribution in [0.15, 0.2) is 0 Å². The van der Waals surface area contributed by atoms with E-state index in [0.717, 1.165) is 0 Å². The lowest BCUT2D eigenvalue weighted by Crippen LogP contribution is -2.15. The van der Waals surface area contributed by atoms with Crippen molar-refractivity contribution in [2.75, 3.05) is 13.2 Å². The molecule has 0 rings (SSSR count). The van der Waals surface area contributed by atoms with E-state index in [1.54, 1.807) is 6.92 Å². The van der Waals surface area contributed by atoms with Crippen LogP contribution in [0.2, 0.25) is 0 Å². The van der Waals surface area contributed by atoms with Gasteiger partial charge in [-0.3, -0.25) is 4.79 Å². The van der Waals surface area contributed by atoms with Crippen molar-refractivity contribution >= 4 is 18.6 Å². The van der Waals surface area contributed by atoms with E-state index in [1.165, 1.54) is 0 Å². The second kappa shape index (κ2) is 5.56. The first kappa shape index (κ1) is 9.78. The Morgan fingerprint density at radius 2 is 2.40 bits per heavy atom. The maximum atomic E-state index is 10.6. The molecule has 0 bridgehead atoms. The van der Waals surface area contributed by atoms with Crippen molar-refractivity contribution in [1.29, 1.82) is 0 Å². The minimum Gasteiger partial charge on any atom is -0.465 e. The molecule has 10 heavy (non-hydrogen) atoms. The van der Waals surface area contributed by atoms with Crippen molar-refractivity contribution in [3.8, 4) is 0 Å². The van der Waals surface area contributed by atoms with Gasteiger partial charge in [-0.25, -0.2) is 0 Å². The van der Waals surface area contributed by atoms with Gasteiger partial charge in [0.25, 0.3) is 0 Å². The average molecular weight is 164 g/mol. The molecule has 0 radical (unpaired) electrons. The number of thiol groups is 1. The molecule has 0 fully saturated rings. The third-order valence-corrected chi connectivity index (χ3v) is 1.10. The first-order valence-electron chi connectivity index (χ1n) is 3.14. The molecule has 0 aromatic rings. The Labute approximate surface area is 65.8 Å². The fourth-order valence-electron chi connectivity index (χ4n) is 0.358. The quantitative estimate of drug-likeness (QED) is 0.355. The van der Waals surface area contributed by atoms with Crippen LogP contribution in [0.3, 0.4) is 0 Å². The van der Waals surface area contributed by atoms with Gasteiger partial charge in [-0.15, -0.1) is 0 Å². The zero-order chi connectivity index (χ0) is 7.98. The van der Waals surface area contributed by atoms with Gasteiger partial charge in [0.05, 0.1) is 11.9 Å². The van der Waals surface area contributed by atoms with E-state index in [1.807, 2.05) is 0 Å². The summed E-state index contributed by atoms with van der Waals surface area (Å²) in [4.78, 5) is 10.6. The van der Waals surface area contributed by atoms with Gasteiger partial charge in [-0.1, -0.05) is 0 Å². The van der Waals surface area contributed by atoms with Crippen LogP contribution in [0.1, 0.15) is 13.3 Å². The van der Waals surface area contributed by atoms with E-state index in [9.17, 15) is 4.79 Å². The zero-order valence-electron chi connectivity index (χ0n) is 5.91. The predicted octanol–water partition coefficient (Wildman–Crippen LogP) is 0.230. The summed E-state index contributed by atoms with van der Waals surface area (Å²) in [5.74, 6) is -0.336. The third kappa shape index (κ3) is 4.64. The number of aliphatic hydroxyl groups is 1. The molecule has 0 aromatic heterocycles. The molecule has 1 atom stereocenters. The van der Waals surface area contributed by atoms with Gasteiger partial charge in [0.15, 0.2) is 0 Å². The molecular weight excluding hydrogens is 152 g/mol. The van der Waals surface area contributed by atoms with Crippen molar-refractivity contribution < 1.29 is 14.6 Å². The number of hydrogen-bond acceptors (Lipinski definition) is 4. The molecule has 0 amide bonds. The van der Waals surface area contributed by atoms with Crippen LogP contribution in [-0.4, -0.2) is 29.5 Å². The summed E-state index contributed by atoms with van der Waals surface area (Å²) < 4.78 is 4.67. The molecule has 1 N–H and O–H groups in total. The largest absolute Gasteiger partial charge is 0.465 e. The van der Waals surface area contributed by atoms with E-state index < -0.39 is 0 Å². The normalized spacial score (nSPS) is 12.7. The molecule has 0 aliphatic heterocycles. The molecular formula is C6H12O3S. The number of carbonyl (C=O) groups excluding carboxylic acids is 1. The van der Waals surface area contributed by atoms with Gasteiger partial charge < -0.3 is 9.84 Å². The lowest BCUT2D eigenvalue weighted by molar-refractivity contribution is -0.142. The number of aliphatic hydroxyl groups excluding tert-OH is 1. The van der Waals surface area contributed by atoms with Crippen LogP contribution in [0, 0.1) is 0 Å². The summed E-state index contributed by atoms with van der Waals surface area (Å²) in [7, 11) is 0. The molecule has 0 saturated carbocycles. The maximum absolute atomic E-state index is 10.6. The first-order valence-corrected chi connectivity index (χ1v) is 3.65. The average Bonchev–Trinajstić information content (AvgIpc) is 1.88. The van der Waals surface area contributed by atoms with Crippen LogP contribution in [0.4, 0.5) is 0 Å². The number of ether oxygens (including phenoxy) is 1. The summed E-state index contributed by atoms with van der Waals surface area (Å²) in [6.07, 6.45) is 0.492. The third-order valence-electron chi connectivity index (χ3n) is 0.888. The monoisotopic (exact) mass is 164 g/mol. The summed E-state index contributed by atoms with van der Waals surface area (Å²) in [5.41, 5.74) is 0. The number of hydrogen-bond donors (Lipinski definition) is 2. The van der Waals surface area contributed by atoms with E-state index in [0.29, 0.717) is 6.42 Å². The number of carbonyl (C=O) groups is 1. The van der Waals surface area contributed by atoms with Crippen molar-refractivity contribution in [1.82, 2.24) is 0 Å². The van der Waals surface area contributed by atoms with E-state index in [4.69, 9.17) is 5.11 Å². The molecule has 3 nitrogen and oxygen atoms in total. The van der Waals surface area contributed by atoms with Crippen molar-refractivity contribution in [2.24, 2.45) is 0 Å². The van der Waals surface area contributed by atoms with Gasteiger partial charge in [0.1, 0.15) is 0 Å². The van der Waals surface area contributed by atoms with Crippen molar-refractivity contribution in [3.63, 3.8) is 0 Å². The highest BCUT2D eigenvalue weighted by atomic mass is 32.1. The molecule has 0 aliphatic carbocycles. The highest BCUT2D eigenvalue weighted by molar-refractivity contribution is 7.81. The molecule has 0 aliphatic rings. The zero-order valence-corrected chi connectivity index (χ0v) is 6.80. The molecule has 0 heterocycles. The Balaban J connectivity index is 3.22. The fraction of sp³-hybridized carbons (Fsp3) is 0.833. The molecule has 4 heteroatoms. The number of esters is 1. The van der Waals surface area contributed by atoms with Crippen LogP contribution in [0.5, 0.6) is 0 Å². The second-order valence-electron chi connectivity index (χ2n) is 1.92. The van der Waals surface area contributed by atoms with Crippen molar-refractivity contribution in [3.05, 3.63) is 0 Å². The molecule has 0 saturated heterocycles. The summed E-state index contributed by atoms with van der Waals surface area (Å²) in [6.45, 7) is 1.97. The standard InChI is InChI=1S/C6H12O3S/c1-5(10)6(8)9-4-2-3-7/h5,7,10H,2-4H2,1H3.